The van der Waals surface area contributed by atoms with Crippen molar-refractivity contribution in [2.75, 3.05) is 0 Å². The van der Waals surface area contributed by atoms with Gasteiger partial charge in [0, 0.05) is 46.7 Å². The van der Waals surface area contributed by atoms with Gasteiger partial charge in [0.2, 0.25) is 0 Å². The summed E-state index contributed by atoms with van der Waals surface area (Å²) in [6.45, 7) is 0. The molecule has 11 rings (SSSR count). The van der Waals surface area contributed by atoms with Gasteiger partial charge in [0.05, 0.1) is 22.4 Å². The third-order valence-electron chi connectivity index (χ3n) is 10.8. The van der Waals surface area contributed by atoms with Crippen LogP contribution in [0, 0.1) is 0 Å². The molecule has 250 valence electrons. The van der Waals surface area contributed by atoms with Crippen LogP contribution in [0.2, 0.25) is 0 Å². The van der Waals surface area contributed by atoms with Crippen LogP contribution in [-0.2, 0) is 0 Å². The monoisotopic (exact) mass is 686 g/mol. The summed E-state index contributed by atoms with van der Waals surface area (Å²) in [6, 6.07) is 56.4. The first-order valence-electron chi connectivity index (χ1n) is 18.2. The lowest BCUT2D eigenvalue weighted by molar-refractivity contribution is 1.33. The Kier molecular flexibility index (Phi) is 6.82. The van der Waals surface area contributed by atoms with E-state index in [1.54, 1.807) is 0 Å². The third kappa shape index (κ3) is 5.00. The molecule has 0 spiro atoms. The maximum Gasteiger partial charge on any atom is 0.0715 e. The van der Waals surface area contributed by atoms with Gasteiger partial charge in [0.15, 0.2) is 0 Å². The lowest BCUT2D eigenvalue weighted by Crippen LogP contribution is -1.94. The Hall–Kier alpha value is -7.30. The van der Waals surface area contributed by atoms with E-state index in [4.69, 9.17) is 9.97 Å². The van der Waals surface area contributed by atoms with Crippen molar-refractivity contribution in [3.8, 4) is 44.8 Å². The van der Waals surface area contributed by atoms with Crippen molar-refractivity contribution in [2.24, 2.45) is 0 Å². The molecule has 0 N–H and O–H groups in total. The Morgan fingerprint density at radius 3 is 1.13 bits per heavy atom. The van der Waals surface area contributed by atoms with Crippen LogP contribution in [0.3, 0.4) is 0 Å². The third-order valence-corrected chi connectivity index (χ3v) is 10.8. The molecule has 0 aliphatic rings. The van der Waals surface area contributed by atoms with Crippen LogP contribution >= 0.6 is 0 Å². The fraction of sp³-hybridized carbons (Fsp3) is 0. The molecule has 4 heterocycles. The summed E-state index contributed by atoms with van der Waals surface area (Å²) in [6.07, 6.45) is 7.50. The number of fused-ring (bicyclic) bond motifs is 6. The van der Waals surface area contributed by atoms with Gasteiger partial charge < -0.3 is 0 Å². The van der Waals surface area contributed by atoms with Crippen LogP contribution in [0.25, 0.3) is 110 Å². The van der Waals surface area contributed by atoms with E-state index in [1.165, 1.54) is 37.9 Å². The SMILES string of the molecule is c1ccc2cc3nc(-c4ccc5c(-c6ccncc6)c6ccc(-c7ccc8cc9ccccc9cc8n7)cc6c(-c6ccncc6)c5c4)ccc3cc2c1. The van der Waals surface area contributed by atoms with Crippen molar-refractivity contribution in [3.63, 3.8) is 0 Å². The van der Waals surface area contributed by atoms with Crippen molar-refractivity contribution in [1.29, 1.82) is 0 Å². The largest absolute Gasteiger partial charge is 0.265 e. The van der Waals surface area contributed by atoms with Gasteiger partial charge in [-0.2, -0.15) is 0 Å². The molecule has 0 fully saturated rings. The fourth-order valence-corrected chi connectivity index (χ4v) is 8.15. The smallest absolute Gasteiger partial charge is 0.0715 e. The highest BCUT2D eigenvalue weighted by Gasteiger charge is 2.19. The number of nitrogens with zero attached hydrogens (tertiary/aromatic N) is 4. The van der Waals surface area contributed by atoms with Gasteiger partial charge in [0.1, 0.15) is 0 Å². The quantitative estimate of drug-likeness (QED) is 0.173. The second-order valence-electron chi connectivity index (χ2n) is 13.9. The standard InChI is InChI=1S/C50H30N4/c1-3-7-35-29-47-37(25-33(35)5-1)11-15-45(53-47)39-9-13-41-43(27-39)50(32-19-23-52-24-20-32)44-28-40(10-14-42(44)49(41)31-17-21-51-22-18-31)46-16-12-38-26-34-6-2-4-8-36(34)30-48(38)54-46/h1-30H. The molecule has 7 aromatic carbocycles. The minimum atomic E-state index is 0.938. The Labute approximate surface area is 311 Å². The number of hydrogen-bond acceptors (Lipinski definition) is 4. The molecule has 0 amide bonds. The first-order valence-corrected chi connectivity index (χ1v) is 18.2. The molecule has 0 aliphatic heterocycles. The van der Waals surface area contributed by atoms with Gasteiger partial charge in [-0.05, 0) is 138 Å². The summed E-state index contributed by atoms with van der Waals surface area (Å²) in [4.78, 5) is 19.2. The highest BCUT2D eigenvalue weighted by Crippen LogP contribution is 2.45. The second-order valence-corrected chi connectivity index (χ2v) is 13.9. The number of aromatic nitrogens is 4. The zero-order valence-corrected chi connectivity index (χ0v) is 29.1. The van der Waals surface area contributed by atoms with E-state index < -0.39 is 0 Å². The van der Waals surface area contributed by atoms with E-state index in [0.717, 1.165) is 71.8 Å². The van der Waals surface area contributed by atoms with Gasteiger partial charge in [-0.3, -0.25) is 9.97 Å². The Morgan fingerprint density at radius 2 is 0.685 bits per heavy atom. The minimum Gasteiger partial charge on any atom is -0.265 e. The zero-order valence-electron chi connectivity index (χ0n) is 29.1. The maximum absolute atomic E-state index is 5.22. The van der Waals surface area contributed by atoms with Gasteiger partial charge in [-0.1, -0.05) is 84.9 Å². The molecule has 4 aromatic heterocycles. The lowest BCUT2D eigenvalue weighted by Gasteiger charge is -2.19. The predicted octanol–water partition coefficient (Wildman–Crippen LogP) is 12.9. The molecule has 0 radical (unpaired) electrons. The van der Waals surface area contributed by atoms with E-state index in [0.29, 0.717) is 0 Å². The van der Waals surface area contributed by atoms with Gasteiger partial charge in [-0.25, -0.2) is 9.97 Å². The van der Waals surface area contributed by atoms with Crippen LogP contribution in [0.1, 0.15) is 0 Å². The van der Waals surface area contributed by atoms with Crippen molar-refractivity contribution >= 4 is 64.9 Å². The van der Waals surface area contributed by atoms with Crippen molar-refractivity contribution in [3.05, 3.63) is 183 Å². The topological polar surface area (TPSA) is 51.6 Å². The average molecular weight is 687 g/mol. The second kappa shape index (κ2) is 12.1. The molecule has 0 bridgehead atoms. The van der Waals surface area contributed by atoms with Gasteiger partial charge in [-0.15, -0.1) is 0 Å². The summed E-state index contributed by atoms with van der Waals surface area (Å²) >= 11 is 0. The van der Waals surface area contributed by atoms with E-state index in [-0.39, 0.29) is 0 Å². The lowest BCUT2D eigenvalue weighted by atomic mass is 9.84. The molecule has 0 atom stereocenters. The molecular weight excluding hydrogens is 657 g/mol. The summed E-state index contributed by atoms with van der Waals surface area (Å²) < 4.78 is 0. The molecule has 0 saturated carbocycles. The van der Waals surface area contributed by atoms with Gasteiger partial charge >= 0.3 is 0 Å². The number of hydrogen-bond donors (Lipinski definition) is 0. The van der Waals surface area contributed by atoms with Crippen molar-refractivity contribution in [1.82, 2.24) is 19.9 Å². The average Bonchev–Trinajstić information content (AvgIpc) is 3.23. The van der Waals surface area contributed by atoms with Crippen LogP contribution < -0.4 is 0 Å². The molecule has 4 heteroatoms. The Bertz CT molecular complexity index is 3090. The number of benzene rings is 7. The highest BCUT2D eigenvalue weighted by atomic mass is 14.7. The first kappa shape index (κ1) is 30.3. The summed E-state index contributed by atoms with van der Waals surface area (Å²) in [5.41, 5.74) is 10.5. The maximum atomic E-state index is 5.22. The minimum absolute atomic E-state index is 0.938. The Balaban J connectivity index is 1.18. The molecule has 0 unspecified atom stereocenters. The molecular formula is C50H30N4. The predicted molar refractivity (Wildman–Crippen MR) is 224 cm³/mol. The van der Waals surface area contributed by atoms with E-state index in [9.17, 15) is 0 Å². The van der Waals surface area contributed by atoms with Crippen molar-refractivity contribution < 1.29 is 0 Å². The normalized spacial score (nSPS) is 11.7. The van der Waals surface area contributed by atoms with E-state index >= 15 is 0 Å². The van der Waals surface area contributed by atoms with Crippen LogP contribution in [-0.4, -0.2) is 19.9 Å². The summed E-state index contributed by atoms with van der Waals surface area (Å²) in [7, 11) is 0. The van der Waals surface area contributed by atoms with Crippen molar-refractivity contribution in [2.45, 2.75) is 0 Å². The van der Waals surface area contributed by atoms with Crippen LogP contribution in [0.5, 0.6) is 0 Å². The highest BCUT2D eigenvalue weighted by molar-refractivity contribution is 6.22. The molecule has 4 nitrogen and oxygen atoms in total. The molecule has 11 aromatic rings. The van der Waals surface area contributed by atoms with Crippen LogP contribution in [0.4, 0.5) is 0 Å². The molecule has 0 aliphatic carbocycles. The zero-order chi connectivity index (χ0) is 35.6. The van der Waals surface area contributed by atoms with Gasteiger partial charge in [0.25, 0.3) is 0 Å². The molecule has 0 saturated heterocycles. The van der Waals surface area contributed by atoms with Crippen LogP contribution in [0.15, 0.2) is 183 Å². The summed E-state index contributed by atoms with van der Waals surface area (Å²) in [5, 5.41) is 11.7. The Morgan fingerprint density at radius 1 is 0.278 bits per heavy atom. The van der Waals surface area contributed by atoms with E-state index in [2.05, 4.69) is 168 Å². The van der Waals surface area contributed by atoms with E-state index in [1.807, 2.05) is 24.8 Å². The molecule has 54 heavy (non-hydrogen) atoms. The first-order chi connectivity index (χ1) is 26.7. The summed E-state index contributed by atoms with van der Waals surface area (Å²) in [5.74, 6) is 0. The number of rotatable bonds is 4. The fourth-order valence-electron chi connectivity index (χ4n) is 8.15. The number of pyridine rings is 4.